The van der Waals surface area contributed by atoms with Crippen LogP contribution in [0.3, 0.4) is 0 Å². The summed E-state index contributed by atoms with van der Waals surface area (Å²) in [6, 6.07) is 8.81. The van der Waals surface area contributed by atoms with Gasteiger partial charge in [0.1, 0.15) is 0 Å². The summed E-state index contributed by atoms with van der Waals surface area (Å²) in [5, 5.41) is 9.38. The Morgan fingerprint density at radius 2 is 2.22 bits per heavy atom. The highest BCUT2D eigenvalue weighted by Crippen LogP contribution is 2.19. The third-order valence-corrected chi connectivity index (χ3v) is 3.22. The first kappa shape index (κ1) is 12.8. The Labute approximate surface area is 109 Å². The van der Waals surface area contributed by atoms with Crippen LogP contribution in [0.1, 0.15) is 19.0 Å². The van der Waals surface area contributed by atoms with E-state index in [1.807, 2.05) is 17.8 Å². The molecule has 1 N–H and O–H groups in total. The summed E-state index contributed by atoms with van der Waals surface area (Å²) in [5.41, 5.74) is 2.36. The van der Waals surface area contributed by atoms with Crippen molar-refractivity contribution >= 4 is 10.9 Å². The molecule has 0 saturated heterocycles. The quantitative estimate of drug-likeness (QED) is 0.791. The molecule has 0 aliphatic heterocycles. The molecule has 2 aromatic rings. The molecule has 3 nitrogen and oxygen atoms in total. The van der Waals surface area contributed by atoms with Gasteiger partial charge in [-0.2, -0.15) is 5.10 Å². The van der Waals surface area contributed by atoms with Gasteiger partial charge in [-0.15, -0.1) is 6.58 Å². The smallest absolute Gasteiger partial charge is 0.0718 e. The largest absolute Gasteiger partial charge is 0.314 e. The predicted molar refractivity (Wildman–Crippen MR) is 76.7 cm³/mol. The van der Waals surface area contributed by atoms with Crippen molar-refractivity contribution in [2.24, 2.45) is 7.05 Å². The van der Waals surface area contributed by atoms with Crippen LogP contribution < -0.4 is 5.32 Å². The third-order valence-electron chi connectivity index (χ3n) is 3.22. The van der Waals surface area contributed by atoms with Gasteiger partial charge in [0.05, 0.1) is 11.2 Å². The van der Waals surface area contributed by atoms with E-state index in [1.165, 1.54) is 16.6 Å². The second-order valence-corrected chi connectivity index (χ2v) is 4.57. The van der Waals surface area contributed by atoms with Crippen molar-refractivity contribution < 1.29 is 0 Å². The summed E-state index contributed by atoms with van der Waals surface area (Å²) in [6.45, 7) is 6.93. The molecule has 0 radical (unpaired) electrons. The maximum Gasteiger partial charge on any atom is 0.0718 e. The van der Waals surface area contributed by atoms with Crippen LogP contribution in [0.15, 0.2) is 36.9 Å². The summed E-state index contributed by atoms with van der Waals surface area (Å²) in [5.74, 6) is 0. The Morgan fingerprint density at radius 1 is 1.44 bits per heavy atom. The van der Waals surface area contributed by atoms with E-state index < -0.39 is 0 Å². The molecule has 18 heavy (non-hydrogen) atoms. The highest BCUT2D eigenvalue weighted by molar-refractivity contribution is 5.81. The molecule has 1 aromatic carbocycles. The summed E-state index contributed by atoms with van der Waals surface area (Å²) in [7, 11) is 2.00. The van der Waals surface area contributed by atoms with Crippen molar-refractivity contribution in [1.82, 2.24) is 15.1 Å². The van der Waals surface area contributed by atoms with Crippen LogP contribution in [-0.4, -0.2) is 22.4 Å². The van der Waals surface area contributed by atoms with E-state index >= 15 is 0 Å². The van der Waals surface area contributed by atoms with Crippen molar-refractivity contribution in [1.29, 1.82) is 0 Å². The Bertz CT molecular complexity index is 528. The van der Waals surface area contributed by atoms with Gasteiger partial charge < -0.3 is 5.32 Å². The molecule has 0 fully saturated rings. The molecule has 0 aliphatic carbocycles. The number of rotatable bonds is 6. The lowest BCUT2D eigenvalue weighted by molar-refractivity contribution is 0.522. The van der Waals surface area contributed by atoms with Crippen LogP contribution in [0.4, 0.5) is 0 Å². The minimum atomic E-state index is 0.422. The lowest BCUT2D eigenvalue weighted by Gasteiger charge is -2.14. The number of benzene rings is 1. The lowest BCUT2D eigenvalue weighted by Crippen LogP contribution is -2.30. The average Bonchev–Trinajstić information content (AvgIpc) is 2.68. The SMILES string of the molecule is C=CCC(Cc1nn(C)c2ccccc12)NCC. The zero-order valence-electron chi connectivity index (χ0n) is 11.2. The van der Waals surface area contributed by atoms with E-state index in [0.29, 0.717) is 6.04 Å². The Morgan fingerprint density at radius 3 is 2.94 bits per heavy atom. The van der Waals surface area contributed by atoms with E-state index in [2.05, 4.69) is 48.2 Å². The third kappa shape index (κ3) is 2.62. The van der Waals surface area contributed by atoms with Gasteiger partial charge in [-0.3, -0.25) is 4.68 Å². The lowest BCUT2D eigenvalue weighted by atomic mass is 10.1. The molecular formula is C15H21N3. The molecule has 3 heteroatoms. The standard InChI is InChI=1S/C15H21N3/c1-4-8-12(16-5-2)11-14-13-9-6-7-10-15(13)18(3)17-14/h4,6-7,9-10,12,16H,1,5,8,11H2,2-3H3. The van der Waals surface area contributed by atoms with Crippen LogP contribution in [0.2, 0.25) is 0 Å². The summed E-state index contributed by atoms with van der Waals surface area (Å²) in [4.78, 5) is 0. The van der Waals surface area contributed by atoms with Gasteiger partial charge in [-0.25, -0.2) is 0 Å². The Kier molecular flexibility index (Phi) is 4.15. The summed E-state index contributed by atoms with van der Waals surface area (Å²) >= 11 is 0. The van der Waals surface area contributed by atoms with Crippen LogP contribution >= 0.6 is 0 Å². The highest BCUT2D eigenvalue weighted by atomic mass is 15.3. The van der Waals surface area contributed by atoms with Crippen molar-refractivity contribution in [3.05, 3.63) is 42.6 Å². The number of nitrogens with one attached hydrogen (secondary N) is 1. The van der Waals surface area contributed by atoms with Crippen LogP contribution in [0.5, 0.6) is 0 Å². The zero-order chi connectivity index (χ0) is 13.0. The molecule has 2 rings (SSSR count). The van der Waals surface area contributed by atoms with E-state index in [-0.39, 0.29) is 0 Å². The summed E-state index contributed by atoms with van der Waals surface area (Å²) < 4.78 is 1.96. The van der Waals surface area contributed by atoms with E-state index in [0.717, 1.165) is 19.4 Å². The van der Waals surface area contributed by atoms with Gasteiger partial charge in [0.2, 0.25) is 0 Å². The van der Waals surface area contributed by atoms with Gasteiger partial charge in [0.25, 0.3) is 0 Å². The molecule has 0 spiro atoms. The van der Waals surface area contributed by atoms with Crippen molar-refractivity contribution in [3.63, 3.8) is 0 Å². The molecule has 0 amide bonds. The number of aryl methyl sites for hydroxylation is 1. The maximum atomic E-state index is 4.64. The molecule has 0 saturated carbocycles. The fraction of sp³-hybridized carbons (Fsp3) is 0.400. The van der Waals surface area contributed by atoms with Gasteiger partial charge in [-0.1, -0.05) is 31.2 Å². The number of hydrogen-bond donors (Lipinski definition) is 1. The average molecular weight is 243 g/mol. The fourth-order valence-electron chi connectivity index (χ4n) is 2.40. The minimum absolute atomic E-state index is 0.422. The first-order valence-electron chi connectivity index (χ1n) is 6.51. The Hall–Kier alpha value is -1.61. The van der Waals surface area contributed by atoms with Crippen LogP contribution in [0.25, 0.3) is 10.9 Å². The summed E-state index contributed by atoms with van der Waals surface area (Å²) in [6.07, 6.45) is 3.89. The molecule has 96 valence electrons. The monoisotopic (exact) mass is 243 g/mol. The van der Waals surface area contributed by atoms with Gasteiger partial charge in [0, 0.05) is 24.9 Å². The van der Waals surface area contributed by atoms with Crippen molar-refractivity contribution in [2.45, 2.75) is 25.8 Å². The van der Waals surface area contributed by atoms with Gasteiger partial charge in [-0.05, 0) is 19.0 Å². The maximum absolute atomic E-state index is 4.64. The van der Waals surface area contributed by atoms with Crippen molar-refractivity contribution in [2.75, 3.05) is 6.54 Å². The second kappa shape index (κ2) is 5.83. The molecule has 1 heterocycles. The highest BCUT2D eigenvalue weighted by Gasteiger charge is 2.13. The minimum Gasteiger partial charge on any atom is -0.314 e. The number of hydrogen-bond acceptors (Lipinski definition) is 2. The van der Waals surface area contributed by atoms with E-state index in [4.69, 9.17) is 0 Å². The van der Waals surface area contributed by atoms with E-state index in [9.17, 15) is 0 Å². The van der Waals surface area contributed by atoms with Gasteiger partial charge >= 0.3 is 0 Å². The Balaban J connectivity index is 2.27. The predicted octanol–water partition coefficient (Wildman–Crippen LogP) is 2.67. The number of aromatic nitrogens is 2. The molecule has 1 atom stereocenters. The van der Waals surface area contributed by atoms with Gasteiger partial charge in [0.15, 0.2) is 0 Å². The number of fused-ring (bicyclic) bond motifs is 1. The number of likely N-dealkylation sites (N-methyl/N-ethyl adjacent to an activating group) is 1. The van der Waals surface area contributed by atoms with Crippen LogP contribution in [0, 0.1) is 0 Å². The molecule has 1 aromatic heterocycles. The molecular weight excluding hydrogens is 222 g/mol. The fourth-order valence-corrected chi connectivity index (χ4v) is 2.40. The number of nitrogens with zero attached hydrogens (tertiary/aromatic N) is 2. The first-order chi connectivity index (χ1) is 8.76. The normalized spacial score (nSPS) is 12.8. The second-order valence-electron chi connectivity index (χ2n) is 4.57. The first-order valence-corrected chi connectivity index (χ1v) is 6.51. The van der Waals surface area contributed by atoms with Crippen molar-refractivity contribution in [3.8, 4) is 0 Å². The molecule has 0 aliphatic rings. The molecule has 1 unspecified atom stereocenters. The van der Waals surface area contributed by atoms with Crippen LogP contribution in [-0.2, 0) is 13.5 Å². The van der Waals surface area contributed by atoms with E-state index in [1.54, 1.807) is 0 Å². The number of para-hydroxylation sites is 1. The zero-order valence-corrected chi connectivity index (χ0v) is 11.2. The molecule has 0 bridgehead atoms. The topological polar surface area (TPSA) is 29.9 Å².